The molecule has 112 valence electrons. The zero-order valence-corrected chi connectivity index (χ0v) is 12.8. The Balaban J connectivity index is 2.21. The van der Waals surface area contributed by atoms with Gasteiger partial charge in [-0.15, -0.1) is 0 Å². The molecule has 0 aliphatic heterocycles. The smallest absolute Gasteiger partial charge is 0.276 e. The number of aliphatic hydroxyl groups excluding tert-OH is 1. The van der Waals surface area contributed by atoms with Crippen LogP contribution in [0.1, 0.15) is 42.5 Å². The molecular formula is C16H21N3O2. The van der Waals surface area contributed by atoms with E-state index < -0.39 is 0 Å². The summed E-state index contributed by atoms with van der Waals surface area (Å²) in [6.07, 6.45) is 0. The second-order valence-corrected chi connectivity index (χ2v) is 6.07. The molecule has 21 heavy (non-hydrogen) atoms. The molecule has 0 radical (unpaired) electrons. The van der Waals surface area contributed by atoms with E-state index in [-0.39, 0.29) is 18.1 Å². The van der Waals surface area contributed by atoms with Gasteiger partial charge >= 0.3 is 0 Å². The molecule has 2 rings (SSSR count). The molecule has 0 bridgehead atoms. The Bertz CT molecular complexity index is 654. The number of nitrogens with zero attached hydrogens (tertiary/aromatic N) is 2. The van der Waals surface area contributed by atoms with Crippen molar-refractivity contribution in [3.63, 3.8) is 0 Å². The van der Waals surface area contributed by atoms with Gasteiger partial charge in [-0.2, -0.15) is 5.10 Å². The summed E-state index contributed by atoms with van der Waals surface area (Å²) >= 11 is 0. The van der Waals surface area contributed by atoms with Gasteiger partial charge in [-0.25, -0.2) is 0 Å². The largest absolute Gasteiger partial charge is 0.392 e. The van der Waals surface area contributed by atoms with E-state index in [2.05, 4.69) is 10.4 Å². The summed E-state index contributed by atoms with van der Waals surface area (Å²) in [5.41, 5.74) is 2.56. The van der Waals surface area contributed by atoms with E-state index in [4.69, 9.17) is 5.11 Å². The minimum atomic E-state index is -0.254. The van der Waals surface area contributed by atoms with E-state index in [1.54, 1.807) is 30.3 Å². The van der Waals surface area contributed by atoms with Gasteiger partial charge in [-0.05, 0) is 51.5 Å². The summed E-state index contributed by atoms with van der Waals surface area (Å²) in [6.45, 7) is 8.00. The lowest BCUT2D eigenvalue weighted by atomic mass is 10.1. The molecule has 1 aromatic heterocycles. The highest BCUT2D eigenvalue weighted by Crippen LogP contribution is 2.18. The summed E-state index contributed by atoms with van der Waals surface area (Å²) in [4.78, 5) is 12.3. The SMILES string of the molecule is Cc1cc(C(=O)Nc2cccc(CO)c2)nn1C(C)(C)C. The molecule has 1 amide bonds. The third-order valence-corrected chi connectivity index (χ3v) is 3.12. The molecule has 1 heterocycles. The van der Waals surface area contributed by atoms with Crippen LogP contribution in [0.25, 0.3) is 0 Å². The molecule has 0 saturated heterocycles. The maximum atomic E-state index is 12.3. The van der Waals surface area contributed by atoms with Crippen LogP contribution in [0.15, 0.2) is 30.3 Å². The zero-order chi connectivity index (χ0) is 15.6. The van der Waals surface area contributed by atoms with Crippen LogP contribution in [0.5, 0.6) is 0 Å². The topological polar surface area (TPSA) is 67.2 Å². The summed E-state index contributed by atoms with van der Waals surface area (Å²) in [6, 6.07) is 8.89. The van der Waals surface area contributed by atoms with E-state index in [1.807, 2.05) is 32.4 Å². The number of hydrogen-bond acceptors (Lipinski definition) is 3. The number of aryl methyl sites for hydroxylation is 1. The Morgan fingerprint density at radius 2 is 2.05 bits per heavy atom. The highest BCUT2D eigenvalue weighted by atomic mass is 16.3. The first-order valence-corrected chi connectivity index (χ1v) is 6.89. The van der Waals surface area contributed by atoms with Gasteiger partial charge in [0.1, 0.15) is 0 Å². The number of benzene rings is 1. The van der Waals surface area contributed by atoms with Crippen molar-refractivity contribution in [1.29, 1.82) is 0 Å². The lowest BCUT2D eigenvalue weighted by molar-refractivity contribution is 0.102. The third-order valence-electron chi connectivity index (χ3n) is 3.12. The Morgan fingerprint density at radius 1 is 1.33 bits per heavy atom. The van der Waals surface area contributed by atoms with Crippen molar-refractivity contribution in [2.75, 3.05) is 5.32 Å². The standard InChI is InChI=1S/C16H21N3O2/c1-11-8-14(18-19(11)16(2,3)4)15(21)17-13-7-5-6-12(9-13)10-20/h5-9,20H,10H2,1-4H3,(H,17,21). The van der Waals surface area contributed by atoms with Crippen LogP contribution >= 0.6 is 0 Å². The van der Waals surface area contributed by atoms with Gasteiger partial charge < -0.3 is 10.4 Å². The maximum Gasteiger partial charge on any atom is 0.276 e. The van der Waals surface area contributed by atoms with Gasteiger partial charge in [0, 0.05) is 11.4 Å². The molecule has 5 heteroatoms. The van der Waals surface area contributed by atoms with Gasteiger partial charge in [-0.3, -0.25) is 9.48 Å². The highest BCUT2D eigenvalue weighted by Gasteiger charge is 2.20. The average molecular weight is 287 g/mol. The van der Waals surface area contributed by atoms with E-state index in [0.717, 1.165) is 11.3 Å². The summed E-state index contributed by atoms with van der Waals surface area (Å²) in [5.74, 6) is -0.254. The predicted octanol–water partition coefficient (Wildman–Crippen LogP) is 2.69. The number of nitrogens with one attached hydrogen (secondary N) is 1. The minimum absolute atomic E-state index is 0.0541. The number of anilines is 1. The van der Waals surface area contributed by atoms with Gasteiger partial charge in [0.15, 0.2) is 5.69 Å². The molecule has 0 spiro atoms. The summed E-state index contributed by atoms with van der Waals surface area (Å²) < 4.78 is 1.84. The molecule has 2 aromatic rings. The van der Waals surface area contributed by atoms with E-state index in [9.17, 15) is 4.79 Å². The van der Waals surface area contributed by atoms with E-state index in [0.29, 0.717) is 11.4 Å². The van der Waals surface area contributed by atoms with Crippen LogP contribution < -0.4 is 5.32 Å². The maximum absolute atomic E-state index is 12.3. The second-order valence-electron chi connectivity index (χ2n) is 6.07. The number of carbonyl (C=O) groups excluding carboxylic acids is 1. The fraction of sp³-hybridized carbons (Fsp3) is 0.375. The summed E-state index contributed by atoms with van der Waals surface area (Å²) in [5, 5.41) is 16.3. The molecule has 0 saturated carbocycles. The first-order chi connectivity index (χ1) is 9.81. The van der Waals surface area contributed by atoms with Crippen LogP contribution in [0.3, 0.4) is 0 Å². The second kappa shape index (κ2) is 5.69. The van der Waals surface area contributed by atoms with Crippen molar-refractivity contribution in [3.8, 4) is 0 Å². The highest BCUT2D eigenvalue weighted by molar-refractivity contribution is 6.02. The van der Waals surface area contributed by atoms with Crippen molar-refractivity contribution in [2.24, 2.45) is 0 Å². The zero-order valence-electron chi connectivity index (χ0n) is 12.8. The molecule has 0 fully saturated rings. The van der Waals surface area contributed by atoms with Gasteiger partial charge in [0.2, 0.25) is 0 Å². The quantitative estimate of drug-likeness (QED) is 0.912. The van der Waals surface area contributed by atoms with Crippen molar-refractivity contribution in [3.05, 3.63) is 47.3 Å². The molecule has 2 N–H and O–H groups in total. The lowest BCUT2D eigenvalue weighted by Crippen LogP contribution is -2.25. The fourth-order valence-electron chi connectivity index (χ4n) is 2.21. The van der Waals surface area contributed by atoms with Crippen molar-refractivity contribution >= 4 is 11.6 Å². The Hall–Kier alpha value is -2.14. The van der Waals surface area contributed by atoms with Crippen molar-refractivity contribution in [1.82, 2.24) is 9.78 Å². The number of carbonyl (C=O) groups is 1. The molecule has 0 atom stereocenters. The van der Waals surface area contributed by atoms with Crippen LogP contribution in [0, 0.1) is 6.92 Å². The number of aliphatic hydroxyl groups is 1. The molecule has 1 aromatic carbocycles. The monoisotopic (exact) mass is 287 g/mol. The Kier molecular flexibility index (Phi) is 4.14. The molecule has 0 aliphatic rings. The fourth-order valence-corrected chi connectivity index (χ4v) is 2.21. The Labute approximate surface area is 124 Å². The van der Waals surface area contributed by atoms with Gasteiger partial charge in [-0.1, -0.05) is 12.1 Å². The summed E-state index contributed by atoms with van der Waals surface area (Å²) in [7, 11) is 0. The third kappa shape index (κ3) is 3.49. The van der Waals surface area contributed by atoms with Crippen molar-refractivity contribution < 1.29 is 9.90 Å². The number of amides is 1. The first kappa shape index (κ1) is 15.3. The van der Waals surface area contributed by atoms with Gasteiger partial charge in [0.25, 0.3) is 5.91 Å². The van der Waals surface area contributed by atoms with Crippen LogP contribution in [0.2, 0.25) is 0 Å². The number of aromatic nitrogens is 2. The van der Waals surface area contributed by atoms with Crippen molar-refractivity contribution in [2.45, 2.75) is 39.8 Å². The van der Waals surface area contributed by atoms with E-state index >= 15 is 0 Å². The Morgan fingerprint density at radius 3 is 2.62 bits per heavy atom. The molecule has 5 nitrogen and oxygen atoms in total. The number of rotatable bonds is 3. The van der Waals surface area contributed by atoms with Gasteiger partial charge in [0.05, 0.1) is 12.1 Å². The molecule has 0 aliphatic carbocycles. The predicted molar refractivity (Wildman–Crippen MR) is 82.3 cm³/mol. The number of hydrogen-bond donors (Lipinski definition) is 2. The lowest BCUT2D eigenvalue weighted by Gasteiger charge is -2.21. The molecule has 0 unspecified atom stereocenters. The van der Waals surface area contributed by atoms with Crippen LogP contribution in [-0.4, -0.2) is 20.8 Å². The van der Waals surface area contributed by atoms with Crippen LogP contribution in [0.4, 0.5) is 5.69 Å². The molecular weight excluding hydrogens is 266 g/mol. The first-order valence-electron chi connectivity index (χ1n) is 6.89. The minimum Gasteiger partial charge on any atom is -0.392 e. The van der Waals surface area contributed by atoms with Crippen LogP contribution in [-0.2, 0) is 12.1 Å². The normalized spacial score (nSPS) is 11.5. The average Bonchev–Trinajstić information content (AvgIpc) is 2.81. The van der Waals surface area contributed by atoms with E-state index in [1.165, 1.54) is 0 Å².